The molecule has 0 aromatic carbocycles. The fourth-order valence-corrected chi connectivity index (χ4v) is 3.71. The summed E-state index contributed by atoms with van der Waals surface area (Å²) in [4.78, 5) is 38.4. The maximum atomic E-state index is 12.7. The number of hydrogen-bond donors (Lipinski definition) is 1. The van der Waals surface area contributed by atoms with Crippen molar-refractivity contribution in [3.05, 3.63) is 29.7 Å². The average molecular weight is 346 g/mol. The minimum Gasteiger partial charge on any atom is -0.481 e. The van der Waals surface area contributed by atoms with E-state index in [9.17, 15) is 14.7 Å². The van der Waals surface area contributed by atoms with Gasteiger partial charge in [-0.05, 0) is 12.3 Å². The summed E-state index contributed by atoms with van der Waals surface area (Å²) in [5, 5.41) is 11.9. The van der Waals surface area contributed by atoms with Crippen molar-refractivity contribution in [3.63, 3.8) is 0 Å². The van der Waals surface area contributed by atoms with E-state index in [4.69, 9.17) is 0 Å². The molecule has 1 saturated heterocycles. The normalized spacial score (nSPS) is 20.5. The first-order chi connectivity index (χ1) is 11.4. The molecule has 1 unspecified atom stereocenters. The third-order valence-corrected chi connectivity index (χ3v) is 5.49. The van der Waals surface area contributed by atoms with Crippen LogP contribution in [0.3, 0.4) is 0 Å². The number of nitrogens with zero attached hydrogens (tertiary/aromatic N) is 4. The Kier molecular flexibility index (Phi) is 4.31. The number of thiazole rings is 1. The highest BCUT2D eigenvalue weighted by Crippen LogP contribution is 2.38. The van der Waals surface area contributed by atoms with Crippen LogP contribution in [-0.2, 0) is 4.79 Å². The molecule has 0 radical (unpaired) electrons. The summed E-state index contributed by atoms with van der Waals surface area (Å²) in [6.07, 6.45) is 5.21. The number of carbonyl (C=O) groups is 2. The van der Waals surface area contributed by atoms with Crippen LogP contribution in [0.2, 0.25) is 0 Å². The third kappa shape index (κ3) is 2.77. The minimum atomic E-state index is -0.876. The van der Waals surface area contributed by atoms with Crippen molar-refractivity contribution in [3.8, 4) is 10.7 Å². The van der Waals surface area contributed by atoms with Gasteiger partial charge in [-0.1, -0.05) is 13.8 Å². The number of carbonyl (C=O) groups excluding carboxylic acids is 1. The number of carboxylic acids is 1. The van der Waals surface area contributed by atoms with Gasteiger partial charge in [0.2, 0.25) is 0 Å². The molecule has 2 aromatic heterocycles. The Morgan fingerprint density at radius 3 is 2.75 bits per heavy atom. The molecule has 2 aromatic rings. The lowest BCUT2D eigenvalue weighted by molar-refractivity contribution is -0.150. The Morgan fingerprint density at radius 1 is 1.38 bits per heavy atom. The van der Waals surface area contributed by atoms with Gasteiger partial charge in [-0.25, -0.2) is 4.98 Å². The average Bonchev–Trinajstić information content (AvgIpc) is 3.23. The van der Waals surface area contributed by atoms with Crippen LogP contribution in [0.5, 0.6) is 0 Å². The van der Waals surface area contributed by atoms with E-state index in [1.807, 2.05) is 13.8 Å². The SMILES string of the molecule is CC(C)C1(C(=O)O)CCN(C(=O)c2csc(-c3cnccn3)n2)C1. The Labute approximate surface area is 143 Å². The third-order valence-electron chi connectivity index (χ3n) is 4.62. The summed E-state index contributed by atoms with van der Waals surface area (Å²) in [5.74, 6) is -1.12. The van der Waals surface area contributed by atoms with Gasteiger partial charge >= 0.3 is 5.97 Å². The summed E-state index contributed by atoms with van der Waals surface area (Å²) in [6.45, 7) is 4.42. The number of amides is 1. The summed E-state index contributed by atoms with van der Waals surface area (Å²) in [5.41, 5.74) is 0.0648. The van der Waals surface area contributed by atoms with Crippen LogP contribution >= 0.6 is 11.3 Å². The van der Waals surface area contributed by atoms with Crippen LogP contribution < -0.4 is 0 Å². The first-order valence-electron chi connectivity index (χ1n) is 7.68. The maximum Gasteiger partial charge on any atom is 0.311 e. The van der Waals surface area contributed by atoms with Crippen LogP contribution in [-0.4, -0.2) is 49.9 Å². The van der Waals surface area contributed by atoms with Gasteiger partial charge in [-0.2, -0.15) is 0 Å². The van der Waals surface area contributed by atoms with Crippen LogP contribution in [0, 0.1) is 11.3 Å². The lowest BCUT2D eigenvalue weighted by atomic mass is 9.76. The number of aliphatic carboxylic acids is 1. The second kappa shape index (κ2) is 6.27. The molecule has 1 aliphatic rings. The van der Waals surface area contributed by atoms with Gasteiger partial charge in [0.05, 0.1) is 11.6 Å². The molecule has 0 aliphatic carbocycles. The van der Waals surface area contributed by atoms with Crippen molar-refractivity contribution in [1.82, 2.24) is 19.9 Å². The zero-order valence-corrected chi connectivity index (χ0v) is 14.3. The summed E-state index contributed by atoms with van der Waals surface area (Å²) < 4.78 is 0. The van der Waals surface area contributed by atoms with Crippen LogP contribution in [0.25, 0.3) is 10.7 Å². The van der Waals surface area contributed by atoms with E-state index in [-0.39, 0.29) is 18.4 Å². The Balaban J connectivity index is 1.79. The number of likely N-dealkylation sites (tertiary alicyclic amines) is 1. The van der Waals surface area contributed by atoms with Crippen molar-refractivity contribution in [2.75, 3.05) is 13.1 Å². The van der Waals surface area contributed by atoms with E-state index in [2.05, 4.69) is 15.0 Å². The van der Waals surface area contributed by atoms with Crippen molar-refractivity contribution < 1.29 is 14.7 Å². The molecule has 24 heavy (non-hydrogen) atoms. The molecule has 1 amide bonds. The Hall–Kier alpha value is -2.35. The van der Waals surface area contributed by atoms with Crippen LogP contribution in [0.1, 0.15) is 30.8 Å². The Morgan fingerprint density at radius 2 is 2.17 bits per heavy atom. The van der Waals surface area contributed by atoms with Gasteiger partial charge in [-0.3, -0.25) is 19.6 Å². The first kappa shape index (κ1) is 16.5. The van der Waals surface area contributed by atoms with Gasteiger partial charge < -0.3 is 10.0 Å². The predicted molar refractivity (Wildman–Crippen MR) is 88.6 cm³/mol. The van der Waals surface area contributed by atoms with Crippen molar-refractivity contribution in [2.45, 2.75) is 20.3 Å². The topological polar surface area (TPSA) is 96.3 Å². The van der Waals surface area contributed by atoms with Gasteiger partial charge in [0.15, 0.2) is 0 Å². The second-order valence-electron chi connectivity index (χ2n) is 6.22. The highest BCUT2D eigenvalue weighted by Gasteiger charge is 2.48. The number of carboxylic acid groups (broad SMARTS) is 1. The smallest absolute Gasteiger partial charge is 0.311 e. The number of rotatable bonds is 4. The molecule has 8 heteroatoms. The van der Waals surface area contributed by atoms with Crippen molar-refractivity contribution in [2.24, 2.45) is 11.3 Å². The highest BCUT2D eigenvalue weighted by molar-refractivity contribution is 7.13. The molecule has 3 heterocycles. The maximum absolute atomic E-state index is 12.7. The van der Waals surface area contributed by atoms with Crippen LogP contribution in [0.15, 0.2) is 24.0 Å². The molecular weight excluding hydrogens is 328 g/mol. The molecule has 7 nitrogen and oxygen atoms in total. The lowest BCUT2D eigenvalue weighted by Gasteiger charge is -2.28. The molecule has 1 aliphatic heterocycles. The summed E-state index contributed by atoms with van der Waals surface area (Å²) >= 11 is 1.32. The van der Waals surface area contributed by atoms with Gasteiger partial charge in [-0.15, -0.1) is 11.3 Å². The van der Waals surface area contributed by atoms with Crippen molar-refractivity contribution >= 4 is 23.2 Å². The molecular formula is C16H18N4O3S. The fourth-order valence-electron chi connectivity index (χ4n) is 2.96. The second-order valence-corrected chi connectivity index (χ2v) is 7.08. The predicted octanol–water partition coefficient (Wildman–Crippen LogP) is 2.17. The molecule has 126 valence electrons. The number of hydrogen-bond acceptors (Lipinski definition) is 6. The molecule has 0 spiro atoms. The van der Waals surface area contributed by atoms with E-state index in [0.29, 0.717) is 29.4 Å². The fraction of sp³-hybridized carbons (Fsp3) is 0.438. The largest absolute Gasteiger partial charge is 0.481 e. The van der Waals surface area contributed by atoms with Gasteiger partial charge in [0.25, 0.3) is 5.91 Å². The van der Waals surface area contributed by atoms with E-state index in [1.54, 1.807) is 28.9 Å². The summed E-state index contributed by atoms with van der Waals surface area (Å²) in [7, 11) is 0. The van der Waals surface area contributed by atoms with E-state index in [0.717, 1.165) is 0 Å². The molecule has 0 bridgehead atoms. The molecule has 1 N–H and O–H groups in total. The summed E-state index contributed by atoms with van der Waals surface area (Å²) in [6, 6.07) is 0. The van der Waals surface area contributed by atoms with E-state index < -0.39 is 11.4 Å². The first-order valence-corrected chi connectivity index (χ1v) is 8.56. The quantitative estimate of drug-likeness (QED) is 0.911. The number of aromatic nitrogens is 3. The molecule has 1 fully saturated rings. The van der Waals surface area contributed by atoms with Gasteiger partial charge in [0, 0.05) is 30.9 Å². The monoisotopic (exact) mass is 346 g/mol. The van der Waals surface area contributed by atoms with E-state index >= 15 is 0 Å². The zero-order chi connectivity index (χ0) is 17.3. The zero-order valence-electron chi connectivity index (χ0n) is 13.5. The Bertz CT molecular complexity index is 762. The van der Waals surface area contributed by atoms with E-state index in [1.165, 1.54) is 11.3 Å². The lowest BCUT2D eigenvalue weighted by Crippen LogP contribution is -2.40. The van der Waals surface area contributed by atoms with Crippen molar-refractivity contribution in [1.29, 1.82) is 0 Å². The van der Waals surface area contributed by atoms with Crippen LogP contribution in [0.4, 0.5) is 0 Å². The molecule has 1 atom stereocenters. The highest BCUT2D eigenvalue weighted by atomic mass is 32.1. The molecule has 0 saturated carbocycles. The standard InChI is InChI=1S/C16H18N4O3S/c1-10(2)16(15(22)23)3-6-20(9-16)14(21)12-8-24-13(19-12)11-7-17-4-5-18-11/h4-5,7-8,10H,3,6,9H2,1-2H3,(H,22,23). The molecule has 3 rings (SSSR count). The van der Waals surface area contributed by atoms with Gasteiger partial charge in [0.1, 0.15) is 16.4 Å². The minimum absolute atomic E-state index is 0.0432.